The normalized spacial score (nSPS) is 13.8. The summed E-state index contributed by atoms with van der Waals surface area (Å²) in [5, 5.41) is 0. The average Bonchev–Trinajstić information content (AvgIpc) is 2.77. The molecule has 0 heteroatoms. The summed E-state index contributed by atoms with van der Waals surface area (Å²) in [6, 6.07) is 9.31. The van der Waals surface area contributed by atoms with Crippen molar-refractivity contribution in [2.75, 3.05) is 0 Å². The van der Waals surface area contributed by atoms with E-state index in [9.17, 15) is 0 Å². The molecule has 0 amide bonds. The van der Waals surface area contributed by atoms with Crippen LogP contribution in [0, 0.1) is 40.5 Å². The van der Waals surface area contributed by atoms with Gasteiger partial charge in [-0.2, -0.15) is 0 Å². The molecule has 2 rings (SSSR count). The number of allylic oxidation sites excluding steroid dienone is 6. The molecule has 2 aromatic carbocycles. The highest BCUT2D eigenvalue weighted by Gasteiger charge is 2.30. The second-order valence-corrected chi connectivity index (χ2v) is 11.5. The summed E-state index contributed by atoms with van der Waals surface area (Å²) in [5.74, 6) is 0.434. The Morgan fingerprint density at radius 1 is 0.750 bits per heavy atom. The van der Waals surface area contributed by atoms with Crippen molar-refractivity contribution >= 4 is 0 Å². The number of aryl methyl sites for hydroxylation is 6. The average molecular weight is 487 g/mol. The molecule has 0 saturated heterocycles. The van der Waals surface area contributed by atoms with Gasteiger partial charge in [0.05, 0.1) is 0 Å². The highest BCUT2D eigenvalue weighted by Crippen LogP contribution is 2.38. The summed E-state index contributed by atoms with van der Waals surface area (Å²) in [6.45, 7) is 31.5. The molecule has 1 atom stereocenters. The zero-order valence-corrected chi connectivity index (χ0v) is 26.0. The minimum Gasteiger partial charge on any atom is -0.0808 e. The summed E-state index contributed by atoms with van der Waals surface area (Å²) in [7, 11) is 0. The van der Waals surface area contributed by atoms with E-state index in [1.807, 2.05) is 13.8 Å². The van der Waals surface area contributed by atoms with Crippen LogP contribution in [0.15, 0.2) is 60.2 Å². The van der Waals surface area contributed by atoms with E-state index in [-0.39, 0.29) is 10.8 Å². The minimum absolute atomic E-state index is 0.00469. The molecule has 0 aliphatic rings. The van der Waals surface area contributed by atoms with E-state index < -0.39 is 0 Å². The highest BCUT2D eigenvalue weighted by atomic mass is 14.3. The third-order valence-electron chi connectivity index (χ3n) is 7.98. The van der Waals surface area contributed by atoms with Gasteiger partial charge < -0.3 is 0 Å². The number of hydrogen-bond donors (Lipinski definition) is 0. The molecule has 2 aromatic rings. The fourth-order valence-corrected chi connectivity index (χ4v) is 5.79. The lowest BCUT2D eigenvalue weighted by atomic mass is 9.70. The molecule has 36 heavy (non-hydrogen) atoms. The summed E-state index contributed by atoms with van der Waals surface area (Å²) in [6.07, 6.45) is 12.3. The smallest absolute Gasteiger partial charge is 0.0111 e. The van der Waals surface area contributed by atoms with Gasteiger partial charge >= 0.3 is 0 Å². The Morgan fingerprint density at radius 2 is 1.22 bits per heavy atom. The predicted octanol–water partition coefficient (Wildman–Crippen LogP) is 10.8. The minimum atomic E-state index is 0.00469. The summed E-state index contributed by atoms with van der Waals surface area (Å²) in [5.41, 5.74) is 12.8. The molecule has 0 spiro atoms. The number of rotatable bonds is 8. The van der Waals surface area contributed by atoms with Gasteiger partial charge in [-0.15, -0.1) is 0 Å². The fraction of sp³-hybridized carbons (Fsp3) is 0.500. The molecule has 1 unspecified atom stereocenters. The monoisotopic (exact) mass is 486 g/mol. The van der Waals surface area contributed by atoms with Crippen molar-refractivity contribution in [2.45, 2.75) is 114 Å². The molecule has 0 N–H and O–H groups in total. The van der Waals surface area contributed by atoms with Crippen LogP contribution in [0.3, 0.4) is 0 Å². The van der Waals surface area contributed by atoms with E-state index in [4.69, 9.17) is 0 Å². The number of benzene rings is 2. The topological polar surface area (TPSA) is 0 Å². The van der Waals surface area contributed by atoms with Crippen molar-refractivity contribution in [3.8, 4) is 0 Å². The van der Waals surface area contributed by atoms with E-state index >= 15 is 0 Å². The van der Waals surface area contributed by atoms with Crippen LogP contribution in [-0.4, -0.2) is 0 Å². The molecule has 198 valence electrons. The quantitative estimate of drug-likeness (QED) is 0.325. The Kier molecular flexibility index (Phi) is 11.7. The lowest BCUT2D eigenvalue weighted by Gasteiger charge is -2.34. The maximum atomic E-state index is 2.39. The molecular weight excluding hydrogens is 432 g/mol. The van der Waals surface area contributed by atoms with Gasteiger partial charge in [-0.3, -0.25) is 0 Å². The van der Waals surface area contributed by atoms with Crippen LogP contribution >= 0.6 is 0 Å². The van der Waals surface area contributed by atoms with Crippen LogP contribution < -0.4 is 0 Å². The van der Waals surface area contributed by atoms with E-state index in [0.29, 0.717) is 5.92 Å². The standard InChI is InChI=1S/C34H48.C2H6/c1-13-30-22-24(3)21-27(6)32(30)34(11,12)29(8)18-16-14-15-17-28(7)33(9,10)31-25(4)19-23(2)20-26(31)5;1-2/h14-22,29H,13H2,1-12H3;1-2H3/b15-14+,18-16+,28-17+;. The molecular formula is C36H54. The second-order valence-electron chi connectivity index (χ2n) is 11.5. The van der Waals surface area contributed by atoms with Crippen molar-refractivity contribution in [2.24, 2.45) is 5.92 Å². The first kappa shape index (κ1) is 31.7. The molecule has 0 aromatic heterocycles. The SMILES string of the molecule is CC.CCc1cc(C)cc(C)c1C(C)(C)C(C)/C=C/C=C/C=C(\C)C(C)(C)c1c(C)cc(C)cc1C. The van der Waals surface area contributed by atoms with Crippen LogP contribution in [0.1, 0.15) is 107 Å². The van der Waals surface area contributed by atoms with Gasteiger partial charge in [0.25, 0.3) is 0 Å². The van der Waals surface area contributed by atoms with E-state index in [1.54, 1.807) is 0 Å². The second kappa shape index (κ2) is 13.3. The van der Waals surface area contributed by atoms with Crippen molar-refractivity contribution in [1.29, 1.82) is 0 Å². The first-order chi connectivity index (χ1) is 16.7. The maximum absolute atomic E-state index is 2.39. The van der Waals surface area contributed by atoms with Gasteiger partial charge in [0, 0.05) is 5.41 Å². The summed E-state index contributed by atoms with van der Waals surface area (Å²) >= 11 is 0. The van der Waals surface area contributed by atoms with Gasteiger partial charge in [-0.05, 0) is 92.7 Å². The molecule has 0 aliphatic heterocycles. The Labute approximate surface area is 224 Å². The van der Waals surface area contributed by atoms with Crippen LogP contribution in [-0.2, 0) is 17.3 Å². The predicted molar refractivity (Wildman–Crippen MR) is 165 cm³/mol. The Bertz CT molecular complexity index is 1080. The fourth-order valence-electron chi connectivity index (χ4n) is 5.79. The zero-order chi connectivity index (χ0) is 27.8. The Hall–Kier alpha value is -2.34. The zero-order valence-electron chi connectivity index (χ0n) is 26.0. The first-order valence-electron chi connectivity index (χ1n) is 13.9. The molecule has 0 aliphatic carbocycles. The molecule has 0 nitrogen and oxygen atoms in total. The lowest BCUT2D eigenvalue weighted by Crippen LogP contribution is -2.28. The van der Waals surface area contributed by atoms with Gasteiger partial charge in [-0.25, -0.2) is 0 Å². The van der Waals surface area contributed by atoms with Gasteiger partial charge in [0.1, 0.15) is 0 Å². The van der Waals surface area contributed by atoms with E-state index in [2.05, 4.69) is 138 Å². The van der Waals surface area contributed by atoms with Crippen molar-refractivity contribution < 1.29 is 0 Å². The highest BCUT2D eigenvalue weighted by molar-refractivity contribution is 5.47. The van der Waals surface area contributed by atoms with Crippen molar-refractivity contribution in [3.63, 3.8) is 0 Å². The van der Waals surface area contributed by atoms with E-state index in [0.717, 1.165) is 6.42 Å². The third kappa shape index (κ3) is 7.34. The van der Waals surface area contributed by atoms with Crippen LogP contribution in [0.5, 0.6) is 0 Å². The molecule has 0 fully saturated rings. The Balaban J connectivity index is 0.00000316. The molecule has 0 saturated carbocycles. The first-order valence-corrected chi connectivity index (χ1v) is 13.9. The molecule has 0 bridgehead atoms. The largest absolute Gasteiger partial charge is 0.0808 e. The van der Waals surface area contributed by atoms with Gasteiger partial charge in [0.15, 0.2) is 0 Å². The molecule has 0 radical (unpaired) electrons. The number of hydrogen-bond acceptors (Lipinski definition) is 0. The van der Waals surface area contributed by atoms with Crippen LogP contribution in [0.4, 0.5) is 0 Å². The van der Waals surface area contributed by atoms with E-state index in [1.165, 1.54) is 50.1 Å². The summed E-state index contributed by atoms with van der Waals surface area (Å²) < 4.78 is 0. The Morgan fingerprint density at radius 3 is 1.72 bits per heavy atom. The van der Waals surface area contributed by atoms with Crippen LogP contribution in [0.25, 0.3) is 0 Å². The van der Waals surface area contributed by atoms with Crippen LogP contribution in [0.2, 0.25) is 0 Å². The van der Waals surface area contributed by atoms with Crippen molar-refractivity contribution in [1.82, 2.24) is 0 Å². The lowest BCUT2D eigenvalue weighted by molar-refractivity contribution is 0.404. The third-order valence-corrected chi connectivity index (χ3v) is 7.98. The van der Waals surface area contributed by atoms with Gasteiger partial charge in [0.2, 0.25) is 0 Å². The molecule has 0 heterocycles. The maximum Gasteiger partial charge on any atom is 0.0111 e. The summed E-state index contributed by atoms with van der Waals surface area (Å²) in [4.78, 5) is 0. The van der Waals surface area contributed by atoms with Crippen molar-refractivity contribution in [3.05, 3.63) is 105 Å². The van der Waals surface area contributed by atoms with Gasteiger partial charge in [-0.1, -0.05) is 127 Å².